The van der Waals surface area contributed by atoms with E-state index in [-0.39, 0.29) is 0 Å². The standard InChI is InChI=1S/C14H13F2N5/c1-2-3-17-14-19-12(11-7-18-21-13(11)20-14)8-4-9(15)6-10(16)5-8/h4-7H,2-3H2,1H3,(H2,17,18,19,20,21). The normalized spacial score (nSPS) is 11.0. The molecule has 0 atom stereocenters. The third-order valence-corrected chi connectivity index (χ3v) is 2.98. The Morgan fingerprint density at radius 3 is 2.62 bits per heavy atom. The van der Waals surface area contributed by atoms with Crippen LogP contribution in [0.3, 0.4) is 0 Å². The number of nitrogens with one attached hydrogen (secondary N) is 2. The summed E-state index contributed by atoms with van der Waals surface area (Å²) in [5.41, 5.74) is 1.30. The van der Waals surface area contributed by atoms with Crippen LogP contribution < -0.4 is 5.32 Å². The number of fused-ring (bicyclic) bond motifs is 1. The van der Waals surface area contributed by atoms with Crippen LogP contribution in [0.2, 0.25) is 0 Å². The molecular weight excluding hydrogens is 276 g/mol. The van der Waals surface area contributed by atoms with Gasteiger partial charge in [-0.15, -0.1) is 0 Å². The lowest BCUT2D eigenvalue weighted by Crippen LogP contribution is -2.05. The van der Waals surface area contributed by atoms with Gasteiger partial charge in [-0.2, -0.15) is 10.1 Å². The van der Waals surface area contributed by atoms with E-state index in [1.165, 1.54) is 18.3 Å². The lowest BCUT2D eigenvalue weighted by molar-refractivity contribution is 0.584. The van der Waals surface area contributed by atoms with Crippen molar-refractivity contribution in [3.63, 3.8) is 0 Å². The van der Waals surface area contributed by atoms with Gasteiger partial charge in [0.1, 0.15) is 11.6 Å². The number of aromatic nitrogens is 4. The smallest absolute Gasteiger partial charge is 0.225 e. The Labute approximate surface area is 119 Å². The maximum absolute atomic E-state index is 13.4. The first-order chi connectivity index (χ1) is 10.2. The summed E-state index contributed by atoms with van der Waals surface area (Å²) in [6.07, 6.45) is 2.45. The highest BCUT2D eigenvalue weighted by Gasteiger charge is 2.13. The first-order valence-electron chi connectivity index (χ1n) is 6.59. The lowest BCUT2D eigenvalue weighted by Gasteiger charge is -2.07. The number of H-pyrrole nitrogens is 1. The largest absolute Gasteiger partial charge is 0.354 e. The summed E-state index contributed by atoms with van der Waals surface area (Å²) in [5.74, 6) is -0.903. The molecule has 0 aliphatic carbocycles. The van der Waals surface area contributed by atoms with Gasteiger partial charge in [0.05, 0.1) is 17.3 Å². The van der Waals surface area contributed by atoms with Gasteiger partial charge < -0.3 is 5.32 Å². The predicted molar refractivity (Wildman–Crippen MR) is 75.8 cm³/mol. The molecule has 108 valence electrons. The molecule has 3 rings (SSSR count). The van der Waals surface area contributed by atoms with Gasteiger partial charge in [-0.05, 0) is 18.6 Å². The molecule has 0 unspecified atom stereocenters. The average Bonchev–Trinajstić information content (AvgIpc) is 2.91. The summed E-state index contributed by atoms with van der Waals surface area (Å²) >= 11 is 0. The third kappa shape index (κ3) is 2.67. The highest BCUT2D eigenvalue weighted by atomic mass is 19.1. The van der Waals surface area contributed by atoms with Gasteiger partial charge in [0.2, 0.25) is 5.95 Å². The molecule has 0 amide bonds. The molecule has 2 heterocycles. The van der Waals surface area contributed by atoms with Crippen LogP contribution >= 0.6 is 0 Å². The van der Waals surface area contributed by atoms with Crippen LogP contribution in [-0.2, 0) is 0 Å². The fraction of sp³-hybridized carbons (Fsp3) is 0.214. The molecule has 2 aromatic heterocycles. The molecule has 0 saturated heterocycles. The Morgan fingerprint density at radius 2 is 1.90 bits per heavy atom. The second kappa shape index (κ2) is 5.43. The van der Waals surface area contributed by atoms with Crippen molar-refractivity contribution in [2.45, 2.75) is 13.3 Å². The van der Waals surface area contributed by atoms with Crippen LogP contribution in [0.25, 0.3) is 22.3 Å². The summed E-state index contributed by atoms with van der Waals surface area (Å²) in [5, 5.41) is 10.3. The van der Waals surface area contributed by atoms with Gasteiger partial charge in [-0.3, -0.25) is 5.10 Å². The molecule has 1 aromatic carbocycles. The molecular formula is C14H13F2N5. The first-order valence-corrected chi connectivity index (χ1v) is 6.59. The molecule has 0 spiro atoms. The summed E-state index contributed by atoms with van der Waals surface area (Å²) in [6.45, 7) is 2.72. The van der Waals surface area contributed by atoms with Crippen molar-refractivity contribution < 1.29 is 8.78 Å². The van der Waals surface area contributed by atoms with Crippen LogP contribution in [0.4, 0.5) is 14.7 Å². The van der Waals surface area contributed by atoms with E-state index in [0.29, 0.717) is 34.8 Å². The fourth-order valence-corrected chi connectivity index (χ4v) is 2.06. The van der Waals surface area contributed by atoms with Crippen molar-refractivity contribution in [1.82, 2.24) is 20.2 Å². The Bertz CT molecular complexity index is 764. The zero-order chi connectivity index (χ0) is 14.8. The van der Waals surface area contributed by atoms with E-state index in [4.69, 9.17) is 0 Å². The molecule has 0 fully saturated rings. The van der Waals surface area contributed by atoms with Crippen molar-refractivity contribution in [2.75, 3.05) is 11.9 Å². The minimum atomic E-state index is -0.650. The predicted octanol–water partition coefficient (Wildman–Crippen LogP) is 3.12. The number of hydrogen-bond acceptors (Lipinski definition) is 4. The summed E-state index contributed by atoms with van der Waals surface area (Å²) in [7, 11) is 0. The van der Waals surface area contributed by atoms with Gasteiger partial charge >= 0.3 is 0 Å². The number of hydrogen-bond donors (Lipinski definition) is 2. The van der Waals surface area contributed by atoms with E-state index in [1.807, 2.05) is 6.92 Å². The second-order valence-corrected chi connectivity index (χ2v) is 4.61. The zero-order valence-electron chi connectivity index (χ0n) is 11.3. The van der Waals surface area contributed by atoms with Crippen LogP contribution in [0.15, 0.2) is 24.4 Å². The number of anilines is 1. The van der Waals surface area contributed by atoms with E-state index in [2.05, 4.69) is 25.5 Å². The molecule has 21 heavy (non-hydrogen) atoms. The highest BCUT2D eigenvalue weighted by Crippen LogP contribution is 2.27. The number of rotatable bonds is 4. The second-order valence-electron chi connectivity index (χ2n) is 4.61. The van der Waals surface area contributed by atoms with E-state index in [0.717, 1.165) is 12.5 Å². The zero-order valence-corrected chi connectivity index (χ0v) is 11.3. The lowest BCUT2D eigenvalue weighted by atomic mass is 10.1. The molecule has 0 saturated carbocycles. The van der Waals surface area contributed by atoms with E-state index in [9.17, 15) is 8.78 Å². The Morgan fingerprint density at radius 1 is 1.14 bits per heavy atom. The molecule has 0 aliphatic rings. The van der Waals surface area contributed by atoms with Crippen molar-refractivity contribution in [3.05, 3.63) is 36.0 Å². The van der Waals surface area contributed by atoms with Gasteiger partial charge in [0.25, 0.3) is 0 Å². The monoisotopic (exact) mass is 289 g/mol. The average molecular weight is 289 g/mol. The maximum atomic E-state index is 13.4. The third-order valence-electron chi connectivity index (χ3n) is 2.98. The number of benzene rings is 1. The van der Waals surface area contributed by atoms with Crippen molar-refractivity contribution in [2.24, 2.45) is 0 Å². The summed E-state index contributed by atoms with van der Waals surface area (Å²) in [4.78, 5) is 8.62. The molecule has 0 aliphatic heterocycles. The fourth-order valence-electron chi connectivity index (χ4n) is 2.06. The molecule has 2 N–H and O–H groups in total. The summed E-state index contributed by atoms with van der Waals surface area (Å²) < 4.78 is 26.8. The van der Waals surface area contributed by atoms with Crippen molar-refractivity contribution in [3.8, 4) is 11.3 Å². The van der Waals surface area contributed by atoms with Crippen LogP contribution in [0.5, 0.6) is 0 Å². The van der Waals surface area contributed by atoms with Gasteiger partial charge in [0.15, 0.2) is 5.65 Å². The molecule has 0 radical (unpaired) electrons. The Balaban J connectivity index is 2.17. The Kier molecular flexibility index (Phi) is 3.47. The minimum Gasteiger partial charge on any atom is -0.354 e. The van der Waals surface area contributed by atoms with Crippen LogP contribution in [0, 0.1) is 11.6 Å². The van der Waals surface area contributed by atoms with E-state index < -0.39 is 11.6 Å². The quantitative estimate of drug-likeness (QED) is 0.774. The molecule has 5 nitrogen and oxygen atoms in total. The first kappa shape index (κ1) is 13.4. The van der Waals surface area contributed by atoms with E-state index >= 15 is 0 Å². The Hall–Kier alpha value is -2.57. The molecule has 3 aromatic rings. The number of halogens is 2. The minimum absolute atomic E-state index is 0.348. The number of aromatic amines is 1. The number of nitrogens with zero attached hydrogens (tertiary/aromatic N) is 3. The van der Waals surface area contributed by atoms with Gasteiger partial charge in [0, 0.05) is 18.2 Å². The molecule has 0 bridgehead atoms. The van der Waals surface area contributed by atoms with Crippen molar-refractivity contribution >= 4 is 17.0 Å². The molecule has 7 heteroatoms. The van der Waals surface area contributed by atoms with E-state index in [1.54, 1.807) is 0 Å². The van der Waals surface area contributed by atoms with Gasteiger partial charge in [-0.25, -0.2) is 13.8 Å². The summed E-state index contributed by atoms with van der Waals surface area (Å²) in [6, 6.07) is 3.30. The van der Waals surface area contributed by atoms with Crippen molar-refractivity contribution in [1.29, 1.82) is 0 Å². The van der Waals surface area contributed by atoms with Crippen LogP contribution in [0.1, 0.15) is 13.3 Å². The highest BCUT2D eigenvalue weighted by molar-refractivity contribution is 5.90. The maximum Gasteiger partial charge on any atom is 0.225 e. The van der Waals surface area contributed by atoms with Gasteiger partial charge in [-0.1, -0.05) is 6.92 Å². The topological polar surface area (TPSA) is 66.5 Å². The van der Waals surface area contributed by atoms with Crippen LogP contribution in [-0.4, -0.2) is 26.7 Å². The SMILES string of the molecule is CCCNc1nc(-c2cc(F)cc(F)c2)c2cn[nH]c2n1.